The quantitative estimate of drug-likeness (QED) is 0.671. The Morgan fingerprint density at radius 1 is 1.25 bits per heavy atom. The van der Waals surface area contributed by atoms with Crippen molar-refractivity contribution >= 4 is 17.3 Å². The number of ether oxygens (including phenoxy) is 1. The minimum Gasteiger partial charge on any atom is -0.455 e. The molecule has 0 amide bonds. The minimum absolute atomic E-state index is 0.0163. The summed E-state index contributed by atoms with van der Waals surface area (Å²) in [4.78, 5) is 28.8. The Labute approximate surface area is 141 Å². The maximum absolute atomic E-state index is 12.3. The number of aromatic nitrogens is 1. The Morgan fingerprint density at radius 2 is 2.04 bits per heavy atom. The van der Waals surface area contributed by atoms with E-state index in [1.165, 1.54) is 17.4 Å². The number of carbonyl (C=O) groups is 1. The van der Waals surface area contributed by atoms with Crippen molar-refractivity contribution in [3.63, 3.8) is 0 Å². The van der Waals surface area contributed by atoms with Crippen molar-refractivity contribution < 1.29 is 18.4 Å². The summed E-state index contributed by atoms with van der Waals surface area (Å²) in [5.41, 5.74) is 0.841. The van der Waals surface area contributed by atoms with E-state index >= 15 is 0 Å². The molecule has 7 heteroatoms. The molecule has 0 aromatic carbocycles. The SMILES string of the molecule is Cc1cc(=O)oc(C)c1C(=O)OCc1nc(-c2cccs2)oc1C. The lowest BCUT2D eigenvalue weighted by Gasteiger charge is -2.07. The number of hydrogen-bond donors (Lipinski definition) is 0. The van der Waals surface area contributed by atoms with Crippen LogP contribution in [0, 0.1) is 20.8 Å². The van der Waals surface area contributed by atoms with Crippen LogP contribution in [0.2, 0.25) is 0 Å². The lowest BCUT2D eigenvalue weighted by Crippen LogP contribution is -2.13. The van der Waals surface area contributed by atoms with E-state index in [9.17, 15) is 9.59 Å². The first-order chi connectivity index (χ1) is 11.5. The highest BCUT2D eigenvalue weighted by atomic mass is 32.1. The van der Waals surface area contributed by atoms with Crippen LogP contribution >= 0.6 is 11.3 Å². The zero-order valence-corrected chi connectivity index (χ0v) is 14.2. The third kappa shape index (κ3) is 3.16. The molecule has 6 nitrogen and oxygen atoms in total. The molecular weight excluding hydrogens is 330 g/mol. The van der Waals surface area contributed by atoms with E-state index in [2.05, 4.69) is 4.98 Å². The molecule has 3 aromatic rings. The van der Waals surface area contributed by atoms with Crippen LogP contribution in [0.1, 0.15) is 33.1 Å². The first-order valence-electron chi connectivity index (χ1n) is 7.24. The number of oxazole rings is 1. The number of aryl methyl sites for hydroxylation is 3. The second kappa shape index (κ2) is 6.45. The number of nitrogens with zero attached hydrogens (tertiary/aromatic N) is 1. The van der Waals surface area contributed by atoms with E-state index < -0.39 is 11.6 Å². The largest absolute Gasteiger partial charge is 0.455 e. The normalized spacial score (nSPS) is 10.8. The zero-order chi connectivity index (χ0) is 17.3. The highest BCUT2D eigenvalue weighted by Gasteiger charge is 2.19. The van der Waals surface area contributed by atoms with Crippen molar-refractivity contribution in [2.45, 2.75) is 27.4 Å². The Kier molecular flexibility index (Phi) is 4.35. The van der Waals surface area contributed by atoms with Crippen LogP contribution in [0.15, 0.2) is 37.2 Å². The summed E-state index contributed by atoms with van der Waals surface area (Å²) in [5.74, 6) is 0.779. The molecule has 0 fully saturated rings. The fraction of sp³-hybridized carbons (Fsp3) is 0.235. The van der Waals surface area contributed by atoms with Crippen LogP contribution in [0.5, 0.6) is 0 Å². The topological polar surface area (TPSA) is 82.5 Å². The predicted octanol–water partition coefficient (Wildman–Crippen LogP) is 3.64. The number of hydrogen-bond acceptors (Lipinski definition) is 7. The number of rotatable bonds is 4. The zero-order valence-electron chi connectivity index (χ0n) is 13.4. The summed E-state index contributed by atoms with van der Waals surface area (Å²) < 4.78 is 15.9. The molecule has 0 spiro atoms. The molecule has 0 saturated heterocycles. The lowest BCUT2D eigenvalue weighted by atomic mass is 10.1. The highest BCUT2D eigenvalue weighted by molar-refractivity contribution is 7.13. The minimum atomic E-state index is -0.561. The summed E-state index contributed by atoms with van der Waals surface area (Å²) in [6, 6.07) is 5.08. The molecule has 0 aliphatic heterocycles. The van der Waals surface area contributed by atoms with E-state index in [0.29, 0.717) is 22.9 Å². The molecule has 0 aliphatic rings. The number of carbonyl (C=O) groups excluding carboxylic acids is 1. The molecule has 0 radical (unpaired) electrons. The van der Waals surface area contributed by atoms with Crippen LogP contribution < -0.4 is 5.63 Å². The molecule has 0 saturated carbocycles. The molecule has 24 heavy (non-hydrogen) atoms. The van der Waals surface area contributed by atoms with Crippen LogP contribution in [0.4, 0.5) is 0 Å². The smallest absolute Gasteiger partial charge is 0.342 e. The highest BCUT2D eigenvalue weighted by Crippen LogP contribution is 2.26. The molecule has 124 valence electrons. The average Bonchev–Trinajstić information content (AvgIpc) is 3.13. The Morgan fingerprint density at radius 3 is 2.71 bits per heavy atom. The summed E-state index contributed by atoms with van der Waals surface area (Å²) in [6.45, 7) is 4.97. The molecule has 0 unspecified atom stereocenters. The van der Waals surface area contributed by atoms with Gasteiger partial charge in [-0.1, -0.05) is 6.07 Å². The molecule has 0 bridgehead atoms. The Hall–Kier alpha value is -2.67. The first kappa shape index (κ1) is 16.2. The predicted molar refractivity (Wildman–Crippen MR) is 88.1 cm³/mol. The van der Waals surface area contributed by atoms with E-state index in [4.69, 9.17) is 13.6 Å². The molecule has 0 atom stereocenters. The third-order valence-electron chi connectivity index (χ3n) is 3.50. The second-order valence-electron chi connectivity index (χ2n) is 5.25. The van der Waals surface area contributed by atoms with Gasteiger partial charge in [-0.2, -0.15) is 0 Å². The fourth-order valence-corrected chi connectivity index (χ4v) is 2.99. The summed E-state index contributed by atoms with van der Waals surface area (Å²) in [7, 11) is 0. The van der Waals surface area contributed by atoms with Gasteiger partial charge in [0.05, 0.1) is 4.88 Å². The van der Waals surface area contributed by atoms with Gasteiger partial charge in [0.1, 0.15) is 29.4 Å². The molecule has 0 aliphatic carbocycles. The van der Waals surface area contributed by atoms with E-state index in [0.717, 1.165) is 4.88 Å². The van der Waals surface area contributed by atoms with Crippen molar-refractivity contribution in [2.75, 3.05) is 0 Å². The van der Waals surface area contributed by atoms with Crippen LogP contribution in [0.3, 0.4) is 0 Å². The van der Waals surface area contributed by atoms with Gasteiger partial charge in [0.2, 0.25) is 5.89 Å². The van der Waals surface area contributed by atoms with E-state index in [1.54, 1.807) is 20.8 Å². The van der Waals surface area contributed by atoms with Gasteiger partial charge in [-0.15, -0.1) is 11.3 Å². The summed E-state index contributed by atoms with van der Waals surface area (Å²) in [5, 5.41) is 1.93. The standard InChI is InChI=1S/C17H15NO5S/c1-9-7-14(19)22-11(3)15(9)17(20)21-8-12-10(2)23-16(18-12)13-5-4-6-24-13/h4-7H,8H2,1-3H3. The Balaban J connectivity index is 1.77. The van der Waals surface area contributed by atoms with Crippen molar-refractivity contribution in [1.29, 1.82) is 0 Å². The number of thiophene rings is 1. The number of esters is 1. The molecule has 3 heterocycles. The van der Waals surface area contributed by atoms with Crippen LogP contribution in [-0.2, 0) is 11.3 Å². The van der Waals surface area contributed by atoms with Crippen molar-refractivity contribution in [3.05, 3.63) is 62.3 Å². The maximum Gasteiger partial charge on any atom is 0.342 e. The Bertz CT molecular complexity index is 910. The van der Waals surface area contributed by atoms with Gasteiger partial charge in [0, 0.05) is 6.07 Å². The van der Waals surface area contributed by atoms with Gasteiger partial charge in [-0.25, -0.2) is 14.6 Å². The van der Waals surface area contributed by atoms with E-state index in [-0.39, 0.29) is 17.9 Å². The van der Waals surface area contributed by atoms with Crippen molar-refractivity contribution in [3.8, 4) is 10.8 Å². The summed E-state index contributed by atoms with van der Waals surface area (Å²) in [6.07, 6.45) is 0. The maximum atomic E-state index is 12.3. The third-order valence-corrected chi connectivity index (χ3v) is 4.36. The van der Waals surface area contributed by atoms with Crippen LogP contribution in [-0.4, -0.2) is 11.0 Å². The van der Waals surface area contributed by atoms with Crippen LogP contribution in [0.25, 0.3) is 10.8 Å². The fourth-order valence-electron chi connectivity index (χ4n) is 2.34. The van der Waals surface area contributed by atoms with Gasteiger partial charge in [-0.05, 0) is 37.8 Å². The van der Waals surface area contributed by atoms with Gasteiger partial charge in [-0.3, -0.25) is 0 Å². The van der Waals surface area contributed by atoms with E-state index in [1.807, 2.05) is 17.5 Å². The molecule has 0 N–H and O–H groups in total. The van der Waals surface area contributed by atoms with Gasteiger partial charge in [0.15, 0.2) is 0 Å². The summed E-state index contributed by atoms with van der Waals surface area (Å²) >= 11 is 1.52. The lowest BCUT2D eigenvalue weighted by molar-refractivity contribution is 0.0461. The van der Waals surface area contributed by atoms with Crippen molar-refractivity contribution in [2.24, 2.45) is 0 Å². The molecule has 3 rings (SSSR count). The van der Waals surface area contributed by atoms with Gasteiger partial charge >= 0.3 is 11.6 Å². The van der Waals surface area contributed by atoms with Gasteiger partial charge < -0.3 is 13.6 Å². The van der Waals surface area contributed by atoms with Gasteiger partial charge in [0.25, 0.3) is 0 Å². The van der Waals surface area contributed by atoms with Crippen molar-refractivity contribution in [1.82, 2.24) is 4.98 Å². The second-order valence-corrected chi connectivity index (χ2v) is 6.20. The average molecular weight is 345 g/mol. The molecular formula is C17H15NO5S. The molecule has 3 aromatic heterocycles. The first-order valence-corrected chi connectivity index (χ1v) is 8.12. The monoisotopic (exact) mass is 345 g/mol.